The Morgan fingerprint density at radius 3 is 2.27 bits per heavy atom. The lowest BCUT2D eigenvalue weighted by Gasteiger charge is -2.17. The monoisotopic (exact) mass is 360 g/mol. The van der Waals surface area contributed by atoms with Crippen molar-refractivity contribution in [3.05, 3.63) is 33.8 Å². The van der Waals surface area contributed by atoms with Gasteiger partial charge in [-0.3, -0.25) is 4.79 Å². The first kappa shape index (κ1) is 16.4. The summed E-state index contributed by atoms with van der Waals surface area (Å²) in [5.41, 5.74) is 1.10. The topological polar surface area (TPSA) is 32.3 Å². The number of fused-ring (bicyclic) bond motifs is 1. The molecule has 0 aromatic heterocycles. The van der Waals surface area contributed by atoms with Gasteiger partial charge in [0.2, 0.25) is 5.91 Å². The van der Waals surface area contributed by atoms with E-state index in [0.29, 0.717) is 33.7 Å². The number of nitrogens with zero attached hydrogens (tertiary/aromatic N) is 1. The summed E-state index contributed by atoms with van der Waals surface area (Å²) >= 11 is 12.1. The van der Waals surface area contributed by atoms with E-state index in [1.165, 1.54) is 0 Å². The van der Waals surface area contributed by atoms with Crippen LogP contribution >= 0.6 is 35.6 Å². The molecule has 120 valence electrons. The minimum absolute atomic E-state index is 0. The summed E-state index contributed by atoms with van der Waals surface area (Å²) in [7, 11) is 0. The summed E-state index contributed by atoms with van der Waals surface area (Å²) < 4.78 is 0. The van der Waals surface area contributed by atoms with Crippen molar-refractivity contribution in [1.82, 2.24) is 10.2 Å². The quantitative estimate of drug-likeness (QED) is 0.877. The van der Waals surface area contributed by atoms with Crippen molar-refractivity contribution in [1.29, 1.82) is 0 Å². The first-order valence-electron chi connectivity index (χ1n) is 7.57. The van der Waals surface area contributed by atoms with E-state index in [4.69, 9.17) is 23.2 Å². The molecular weight excluding hydrogens is 343 g/mol. The zero-order chi connectivity index (χ0) is 14.6. The fraction of sp³-hybridized carbons (Fsp3) is 0.562. The minimum Gasteiger partial charge on any atom is -0.342 e. The van der Waals surface area contributed by atoms with Crippen LogP contribution < -0.4 is 5.32 Å². The summed E-state index contributed by atoms with van der Waals surface area (Å²) in [6, 6.07) is 5.61. The molecule has 0 spiro atoms. The molecule has 1 N–H and O–H groups in total. The zero-order valence-corrected chi connectivity index (χ0v) is 14.4. The van der Waals surface area contributed by atoms with Crippen LogP contribution in [0.25, 0.3) is 0 Å². The SMILES string of the molecule is Cl.O=C(C1CC1c1cc(Cl)cc(Cl)c1)N1C[C@H]2CNC[C@H]2C1. The van der Waals surface area contributed by atoms with Gasteiger partial charge in [-0.05, 0) is 47.9 Å². The van der Waals surface area contributed by atoms with Crippen molar-refractivity contribution in [2.45, 2.75) is 12.3 Å². The summed E-state index contributed by atoms with van der Waals surface area (Å²) in [4.78, 5) is 14.7. The second-order valence-electron chi connectivity index (χ2n) is 6.57. The normalized spacial score (nSPS) is 32.5. The van der Waals surface area contributed by atoms with Gasteiger partial charge in [0.25, 0.3) is 0 Å². The second-order valence-corrected chi connectivity index (χ2v) is 7.45. The highest BCUT2D eigenvalue weighted by Crippen LogP contribution is 2.50. The highest BCUT2D eigenvalue weighted by atomic mass is 35.5. The van der Waals surface area contributed by atoms with Crippen LogP contribution in [0.4, 0.5) is 0 Å². The lowest BCUT2D eigenvalue weighted by atomic mass is 10.0. The van der Waals surface area contributed by atoms with Crippen molar-refractivity contribution >= 4 is 41.5 Å². The number of carbonyl (C=O) groups is 1. The van der Waals surface area contributed by atoms with Crippen molar-refractivity contribution in [3.8, 4) is 0 Å². The maximum absolute atomic E-state index is 12.6. The molecule has 3 aliphatic rings. The largest absolute Gasteiger partial charge is 0.342 e. The van der Waals surface area contributed by atoms with Crippen molar-refractivity contribution < 1.29 is 4.79 Å². The molecule has 0 bridgehead atoms. The van der Waals surface area contributed by atoms with Crippen LogP contribution in [0.15, 0.2) is 18.2 Å². The van der Waals surface area contributed by atoms with Crippen LogP contribution in [0.5, 0.6) is 0 Å². The van der Waals surface area contributed by atoms with E-state index >= 15 is 0 Å². The highest BCUT2D eigenvalue weighted by Gasteiger charge is 2.48. The lowest BCUT2D eigenvalue weighted by Crippen LogP contribution is -2.33. The lowest BCUT2D eigenvalue weighted by molar-refractivity contribution is -0.131. The minimum atomic E-state index is 0. The molecule has 2 saturated heterocycles. The molecule has 3 nitrogen and oxygen atoms in total. The number of rotatable bonds is 2. The number of halogens is 3. The van der Waals surface area contributed by atoms with Gasteiger partial charge in [0, 0.05) is 42.1 Å². The maximum atomic E-state index is 12.6. The Balaban J connectivity index is 0.00000144. The van der Waals surface area contributed by atoms with E-state index in [1.54, 1.807) is 6.07 Å². The Labute approximate surface area is 146 Å². The molecular formula is C16H19Cl3N2O. The molecule has 1 saturated carbocycles. The molecule has 6 heteroatoms. The van der Waals surface area contributed by atoms with Gasteiger partial charge >= 0.3 is 0 Å². The first-order chi connectivity index (χ1) is 10.1. The molecule has 2 unspecified atom stereocenters. The number of carbonyl (C=O) groups excluding carboxylic acids is 1. The molecule has 1 aromatic rings. The molecule has 2 heterocycles. The third-order valence-corrected chi connectivity index (χ3v) is 5.56. The fourth-order valence-corrected chi connectivity index (χ4v) is 4.44. The van der Waals surface area contributed by atoms with E-state index in [1.807, 2.05) is 12.1 Å². The molecule has 1 amide bonds. The number of amides is 1. The fourth-order valence-electron chi connectivity index (χ4n) is 3.90. The van der Waals surface area contributed by atoms with Gasteiger partial charge in [-0.15, -0.1) is 12.4 Å². The molecule has 22 heavy (non-hydrogen) atoms. The van der Waals surface area contributed by atoms with Gasteiger partial charge in [-0.1, -0.05) is 23.2 Å². The maximum Gasteiger partial charge on any atom is 0.226 e. The van der Waals surface area contributed by atoms with Gasteiger partial charge in [-0.2, -0.15) is 0 Å². The standard InChI is InChI=1S/C16H18Cl2N2O.ClH/c17-12-1-9(2-13(18)3-12)14-4-15(14)16(21)20-7-10-5-19-6-11(10)8-20;/h1-3,10-11,14-15,19H,4-8H2;1H/t10-,11+,14?,15?;. The summed E-state index contributed by atoms with van der Waals surface area (Å²) in [6.07, 6.45) is 0.930. The average Bonchev–Trinajstić information content (AvgIpc) is 2.93. The van der Waals surface area contributed by atoms with Crippen LogP contribution in [0.3, 0.4) is 0 Å². The van der Waals surface area contributed by atoms with Crippen LogP contribution in [0.1, 0.15) is 17.9 Å². The van der Waals surface area contributed by atoms with Gasteiger partial charge < -0.3 is 10.2 Å². The molecule has 3 fully saturated rings. The molecule has 2 aliphatic heterocycles. The van der Waals surface area contributed by atoms with Crippen LogP contribution in [-0.4, -0.2) is 37.0 Å². The predicted molar refractivity (Wildman–Crippen MR) is 91.0 cm³/mol. The number of hydrogen-bond acceptors (Lipinski definition) is 2. The van der Waals surface area contributed by atoms with E-state index in [9.17, 15) is 4.79 Å². The van der Waals surface area contributed by atoms with Crippen LogP contribution in [0, 0.1) is 17.8 Å². The second kappa shape index (κ2) is 6.20. The van der Waals surface area contributed by atoms with Crippen molar-refractivity contribution in [2.24, 2.45) is 17.8 Å². The molecule has 4 rings (SSSR count). The van der Waals surface area contributed by atoms with Gasteiger partial charge in [-0.25, -0.2) is 0 Å². The number of hydrogen-bond donors (Lipinski definition) is 1. The molecule has 0 radical (unpaired) electrons. The number of nitrogens with one attached hydrogen (secondary N) is 1. The first-order valence-corrected chi connectivity index (χ1v) is 8.33. The van der Waals surface area contributed by atoms with Crippen LogP contribution in [-0.2, 0) is 4.79 Å². The van der Waals surface area contributed by atoms with Crippen molar-refractivity contribution in [2.75, 3.05) is 26.2 Å². The molecule has 4 atom stereocenters. The third kappa shape index (κ3) is 2.96. The van der Waals surface area contributed by atoms with Gasteiger partial charge in [0.1, 0.15) is 0 Å². The zero-order valence-electron chi connectivity index (χ0n) is 12.1. The summed E-state index contributed by atoms with van der Waals surface area (Å²) in [5.74, 6) is 2.07. The van der Waals surface area contributed by atoms with Gasteiger partial charge in [0.05, 0.1) is 0 Å². The highest BCUT2D eigenvalue weighted by molar-refractivity contribution is 6.34. The van der Waals surface area contributed by atoms with Crippen LogP contribution in [0.2, 0.25) is 10.0 Å². The predicted octanol–water partition coefficient (Wildman–Crippen LogP) is 3.20. The Kier molecular flexibility index (Phi) is 4.61. The van der Waals surface area contributed by atoms with Crippen molar-refractivity contribution in [3.63, 3.8) is 0 Å². The third-order valence-electron chi connectivity index (χ3n) is 5.12. The number of benzene rings is 1. The Morgan fingerprint density at radius 2 is 1.68 bits per heavy atom. The summed E-state index contributed by atoms with van der Waals surface area (Å²) in [6.45, 7) is 3.98. The number of likely N-dealkylation sites (tertiary alicyclic amines) is 1. The molecule has 1 aliphatic carbocycles. The van der Waals surface area contributed by atoms with Gasteiger partial charge in [0.15, 0.2) is 0 Å². The van der Waals surface area contributed by atoms with E-state index in [-0.39, 0.29) is 18.3 Å². The van der Waals surface area contributed by atoms with E-state index in [0.717, 1.165) is 38.2 Å². The Hall–Kier alpha value is -0.480. The average molecular weight is 362 g/mol. The Morgan fingerprint density at radius 1 is 1.09 bits per heavy atom. The van der Waals surface area contributed by atoms with E-state index in [2.05, 4.69) is 10.2 Å². The summed E-state index contributed by atoms with van der Waals surface area (Å²) in [5, 5.41) is 4.71. The molecule has 1 aromatic carbocycles. The van der Waals surface area contributed by atoms with E-state index < -0.39 is 0 Å². The smallest absolute Gasteiger partial charge is 0.226 e. The Bertz CT molecular complexity index is 563.